The third-order valence-electron chi connectivity index (χ3n) is 13.7. The molecular weight excluding hydrogens is 821 g/mol. The van der Waals surface area contributed by atoms with Crippen LogP contribution in [0.2, 0.25) is 0 Å². The van der Waals surface area contributed by atoms with E-state index in [1.807, 2.05) is 0 Å². The zero-order valence-electron chi connectivity index (χ0n) is 37.3. The molecule has 13 rings (SSSR count). The Morgan fingerprint density at radius 2 is 0.485 bits per heavy atom. The molecule has 0 fully saturated rings. The molecule has 0 amide bonds. The molecule has 0 heterocycles. The fraction of sp³-hybridized carbons (Fsp3) is 0. The molecule has 0 saturated carbocycles. The number of hydrogen-bond donors (Lipinski definition) is 0. The van der Waals surface area contributed by atoms with E-state index in [2.05, 4.69) is 277 Å². The lowest BCUT2D eigenvalue weighted by molar-refractivity contribution is 1.29. The lowest BCUT2D eigenvalue weighted by atomic mass is 9.84. The topological polar surface area (TPSA) is 6.48 Å². The lowest BCUT2D eigenvalue weighted by Crippen LogP contribution is -2.10. The first-order chi connectivity index (χ1) is 33.7. The standard InChI is InChI=1S/C66H44N2/c1-5-19-51(20-6-1)67(52-21-7-2-8-22-52)55-37-39-59-63(43-55)65(49-35-33-47-31-29-45-17-13-15-27-57(45)61(47)41-49)60-40-38-56(68(53-23-9-3-10-24-53)54-25-11-4-12-26-54)44-64(60)66(59)50-36-34-48-32-30-46-18-14-16-28-58(46)62(48)42-50/h1-44H. The molecule has 0 radical (unpaired) electrons. The number of benzene rings is 13. The Bertz CT molecular complexity index is 3670. The molecule has 0 spiro atoms. The molecule has 318 valence electrons. The highest BCUT2D eigenvalue weighted by atomic mass is 15.1. The minimum Gasteiger partial charge on any atom is -0.310 e. The summed E-state index contributed by atoms with van der Waals surface area (Å²) in [4.78, 5) is 4.76. The number of fused-ring (bicyclic) bond motifs is 8. The van der Waals surface area contributed by atoms with Crippen molar-refractivity contribution >= 4 is 98.8 Å². The molecule has 0 aliphatic rings. The van der Waals surface area contributed by atoms with Gasteiger partial charge in [-0.05, 0) is 172 Å². The highest BCUT2D eigenvalue weighted by molar-refractivity contribution is 6.24. The SMILES string of the molecule is c1ccc(N(c2ccccc2)c2ccc3c(-c4ccc5ccc6ccccc6c5c4)c4cc(N(c5ccccc5)c5ccccc5)ccc4c(-c4ccc5ccc6ccccc6c5c4)c3c2)cc1. The summed E-state index contributed by atoms with van der Waals surface area (Å²) < 4.78 is 0. The number of nitrogens with zero attached hydrogens (tertiary/aromatic N) is 2. The second kappa shape index (κ2) is 16.5. The lowest BCUT2D eigenvalue weighted by Gasteiger charge is -2.28. The largest absolute Gasteiger partial charge is 0.310 e. The summed E-state index contributed by atoms with van der Waals surface area (Å²) >= 11 is 0. The third kappa shape index (κ3) is 6.73. The monoisotopic (exact) mass is 864 g/mol. The molecule has 0 N–H and O–H groups in total. The zero-order valence-corrected chi connectivity index (χ0v) is 37.3. The predicted molar refractivity (Wildman–Crippen MR) is 292 cm³/mol. The van der Waals surface area contributed by atoms with Crippen LogP contribution < -0.4 is 9.80 Å². The van der Waals surface area contributed by atoms with E-state index in [0.29, 0.717) is 0 Å². The van der Waals surface area contributed by atoms with E-state index in [9.17, 15) is 0 Å². The molecule has 0 aromatic heterocycles. The summed E-state index contributed by atoms with van der Waals surface area (Å²) in [7, 11) is 0. The average Bonchev–Trinajstić information content (AvgIpc) is 3.41. The molecule has 2 nitrogen and oxygen atoms in total. The van der Waals surface area contributed by atoms with Crippen molar-refractivity contribution in [3.05, 3.63) is 267 Å². The summed E-state index contributed by atoms with van der Waals surface area (Å²) in [6.45, 7) is 0. The van der Waals surface area contributed by atoms with Crippen LogP contribution in [-0.4, -0.2) is 0 Å². The molecule has 68 heavy (non-hydrogen) atoms. The summed E-state index contributed by atoms with van der Waals surface area (Å²) in [5, 5.41) is 14.7. The van der Waals surface area contributed by atoms with Crippen LogP contribution in [0, 0.1) is 0 Å². The zero-order chi connectivity index (χ0) is 45.0. The van der Waals surface area contributed by atoms with Gasteiger partial charge in [-0.1, -0.05) is 182 Å². The molecule has 2 heteroatoms. The van der Waals surface area contributed by atoms with Crippen molar-refractivity contribution in [3.63, 3.8) is 0 Å². The molecule has 0 saturated heterocycles. The van der Waals surface area contributed by atoms with Gasteiger partial charge in [-0.15, -0.1) is 0 Å². The number of rotatable bonds is 8. The molecule has 13 aromatic rings. The average molecular weight is 865 g/mol. The minimum atomic E-state index is 1.09. The first kappa shape index (κ1) is 39.4. The van der Waals surface area contributed by atoms with Crippen molar-refractivity contribution in [2.75, 3.05) is 9.80 Å². The fourth-order valence-corrected chi connectivity index (χ4v) is 10.6. The van der Waals surface area contributed by atoms with Gasteiger partial charge in [0.15, 0.2) is 0 Å². The highest BCUT2D eigenvalue weighted by Gasteiger charge is 2.23. The van der Waals surface area contributed by atoms with Gasteiger partial charge in [-0.3, -0.25) is 0 Å². The molecule has 0 unspecified atom stereocenters. The van der Waals surface area contributed by atoms with Crippen molar-refractivity contribution in [1.29, 1.82) is 0 Å². The molecule has 0 atom stereocenters. The van der Waals surface area contributed by atoms with E-state index in [4.69, 9.17) is 0 Å². The normalized spacial score (nSPS) is 11.5. The maximum atomic E-state index is 2.44. The van der Waals surface area contributed by atoms with Crippen molar-refractivity contribution < 1.29 is 0 Å². The van der Waals surface area contributed by atoms with Gasteiger partial charge in [0.1, 0.15) is 0 Å². The number of anilines is 6. The Labute approximate surface area is 395 Å². The van der Waals surface area contributed by atoms with Gasteiger partial charge >= 0.3 is 0 Å². The number of hydrogen-bond acceptors (Lipinski definition) is 2. The maximum absolute atomic E-state index is 2.44. The Kier molecular flexibility index (Phi) is 9.54. The van der Waals surface area contributed by atoms with Gasteiger partial charge < -0.3 is 9.80 Å². The van der Waals surface area contributed by atoms with E-state index in [1.165, 1.54) is 86.9 Å². The van der Waals surface area contributed by atoms with Crippen LogP contribution in [0.5, 0.6) is 0 Å². The minimum absolute atomic E-state index is 1.09. The molecular formula is C66H44N2. The Morgan fingerprint density at radius 3 is 0.853 bits per heavy atom. The summed E-state index contributed by atoms with van der Waals surface area (Å²) in [5.41, 5.74) is 11.4. The molecule has 13 aromatic carbocycles. The van der Waals surface area contributed by atoms with Crippen LogP contribution in [0.1, 0.15) is 0 Å². The first-order valence-electron chi connectivity index (χ1n) is 23.4. The summed E-state index contributed by atoms with van der Waals surface area (Å²) in [5.74, 6) is 0. The smallest absolute Gasteiger partial charge is 0.0468 e. The number of para-hydroxylation sites is 4. The van der Waals surface area contributed by atoms with Crippen molar-refractivity contribution in [3.8, 4) is 22.3 Å². The predicted octanol–water partition coefficient (Wildman–Crippen LogP) is 18.9. The first-order valence-corrected chi connectivity index (χ1v) is 23.4. The van der Waals surface area contributed by atoms with Gasteiger partial charge in [0.05, 0.1) is 0 Å². The van der Waals surface area contributed by atoms with E-state index in [-0.39, 0.29) is 0 Å². The molecule has 0 bridgehead atoms. The van der Waals surface area contributed by atoms with E-state index < -0.39 is 0 Å². The van der Waals surface area contributed by atoms with Crippen LogP contribution >= 0.6 is 0 Å². The van der Waals surface area contributed by atoms with Crippen LogP contribution in [0.15, 0.2) is 267 Å². The van der Waals surface area contributed by atoms with Gasteiger partial charge in [-0.25, -0.2) is 0 Å². The quantitative estimate of drug-likeness (QED) is 0.111. The van der Waals surface area contributed by atoms with Crippen LogP contribution in [-0.2, 0) is 0 Å². The molecule has 0 aliphatic heterocycles. The highest BCUT2D eigenvalue weighted by Crippen LogP contribution is 2.49. The van der Waals surface area contributed by atoms with Crippen LogP contribution in [0.3, 0.4) is 0 Å². The van der Waals surface area contributed by atoms with Gasteiger partial charge in [0, 0.05) is 34.1 Å². The second-order valence-electron chi connectivity index (χ2n) is 17.7. The van der Waals surface area contributed by atoms with Gasteiger partial charge in [-0.2, -0.15) is 0 Å². The summed E-state index contributed by atoms with van der Waals surface area (Å²) in [6, 6.07) is 97.9. The second-order valence-corrected chi connectivity index (χ2v) is 17.7. The molecule has 0 aliphatic carbocycles. The van der Waals surface area contributed by atoms with Crippen LogP contribution in [0.25, 0.3) is 86.9 Å². The Hall–Kier alpha value is -8.98. The third-order valence-corrected chi connectivity index (χ3v) is 13.7. The summed E-state index contributed by atoms with van der Waals surface area (Å²) in [6.07, 6.45) is 0. The van der Waals surface area contributed by atoms with E-state index >= 15 is 0 Å². The van der Waals surface area contributed by atoms with Crippen molar-refractivity contribution in [2.45, 2.75) is 0 Å². The van der Waals surface area contributed by atoms with E-state index in [1.54, 1.807) is 0 Å². The Balaban J connectivity index is 1.18. The Morgan fingerprint density at radius 1 is 0.176 bits per heavy atom. The van der Waals surface area contributed by atoms with Gasteiger partial charge in [0.2, 0.25) is 0 Å². The van der Waals surface area contributed by atoms with Crippen molar-refractivity contribution in [1.82, 2.24) is 0 Å². The van der Waals surface area contributed by atoms with Gasteiger partial charge in [0.25, 0.3) is 0 Å². The van der Waals surface area contributed by atoms with Crippen LogP contribution in [0.4, 0.5) is 34.1 Å². The van der Waals surface area contributed by atoms with Crippen molar-refractivity contribution in [2.24, 2.45) is 0 Å². The van der Waals surface area contributed by atoms with E-state index in [0.717, 1.165) is 34.1 Å². The fourth-order valence-electron chi connectivity index (χ4n) is 10.6. The maximum Gasteiger partial charge on any atom is 0.0468 e.